The van der Waals surface area contributed by atoms with Crippen molar-refractivity contribution in [1.29, 1.82) is 0 Å². The highest BCUT2D eigenvalue weighted by atomic mass is 35.5. The quantitative estimate of drug-likeness (QED) is 0.247. The number of aromatic nitrogens is 1. The molecule has 286 valence electrons. The molecule has 2 N–H and O–H groups in total. The van der Waals surface area contributed by atoms with Crippen LogP contribution in [0.2, 0.25) is 10.0 Å². The monoisotopic (exact) mass is 807 g/mol. The first-order valence-electron chi connectivity index (χ1n) is 17.1. The molecule has 1 aromatic heterocycles. The molecule has 2 aromatic carbocycles. The first-order valence-corrected chi connectivity index (χ1v) is 21.2. The van der Waals surface area contributed by atoms with Crippen LogP contribution in [-0.4, -0.2) is 99.4 Å². The summed E-state index contributed by atoms with van der Waals surface area (Å²) in [7, 11) is -8.09. The first kappa shape index (κ1) is 40.6. The molecule has 2 amide bonds. The number of sulfone groups is 1. The molecule has 0 saturated carbocycles. The van der Waals surface area contributed by atoms with E-state index in [2.05, 4.69) is 34.4 Å². The standard InChI is InChI=1S/C36H43Cl2N5O8S2/c1-5-51-35(46)30(16-23-10-12-24(13-11-23)40-34(45)32-28(37)19-39-20-29(32)38)41-33(44)31-17-25(42-15-7-14-36(2,3)22-42)21-43(31)53(49,50)27-9-6-8-26(18-27)52(4,47)48/h6,8-13,18-20,25,30-31H,5,7,14-17,21-22H2,1-4H3,(H,40,45)(H,41,44)/t25-,30+,31+/m1/s1. The van der Waals surface area contributed by atoms with Crippen molar-refractivity contribution in [3.63, 3.8) is 0 Å². The average molecular weight is 809 g/mol. The van der Waals surface area contributed by atoms with Gasteiger partial charge >= 0.3 is 5.97 Å². The molecular weight excluding hydrogens is 765 g/mol. The van der Waals surface area contributed by atoms with E-state index < -0.39 is 49.7 Å². The maximum absolute atomic E-state index is 14.2. The van der Waals surface area contributed by atoms with Gasteiger partial charge in [0.05, 0.1) is 32.0 Å². The van der Waals surface area contributed by atoms with Gasteiger partial charge in [-0.05, 0) is 74.0 Å². The summed E-state index contributed by atoms with van der Waals surface area (Å²) < 4.78 is 59.5. The van der Waals surface area contributed by atoms with E-state index >= 15 is 0 Å². The number of anilines is 1. The van der Waals surface area contributed by atoms with Crippen LogP contribution in [0.3, 0.4) is 0 Å². The number of benzene rings is 2. The molecule has 17 heteroatoms. The molecule has 13 nitrogen and oxygen atoms in total. The van der Waals surface area contributed by atoms with E-state index in [0.717, 1.165) is 36.0 Å². The Hall–Kier alpha value is -3.60. The lowest BCUT2D eigenvalue weighted by Crippen LogP contribution is -2.51. The number of esters is 1. The smallest absolute Gasteiger partial charge is 0.328 e. The van der Waals surface area contributed by atoms with Crippen molar-refractivity contribution in [2.75, 3.05) is 37.8 Å². The molecule has 0 radical (unpaired) electrons. The zero-order valence-electron chi connectivity index (χ0n) is 29.8. The van der Waals surface area contributed by atoms with Crippen molar-refractivity contribution in [1.82, 2.24) is 19.5 Å². The van der Waals surface area contributed by atoms with Crippen LogP contribution in [0.25, 0.3) is 0 Å². The predicted octanol–water partition coefficient (Wildman–Crippen LogP) is 4.59. The molecule has 5 rings (SSSR count). The Morgan fingerprint density at radius 1 is 1.02 bits per heavy atom. The molecule has 2 fully saturated rings. The van der Waals surface area contributed by atoms with Crippen molar-refractivity contribution >= 4 is 66.5 Å². The first-order chi connectivity index (χ1) is 24.9. The highest BCUT2D eigenvalue weighted by Gasteiger charge is 2.47. The maximum atomic E-state index is 14.2. The Labute approximate surface area is 320 Å². The molecular formula is C36H43Cl2N5O8S2. The summed E-state index contributed by atoms with van der Waals surface area (Å²) in [4.78, 5) is 45.9. The fourth-order valence-corrected chi connectivity index (χ4v) is 9.78. The largest absolute Gasteiger partial charge is 0.464 e. The van der Waals surface area contributed by atoms with Crippen LogP contribution < -0.4 is 10.6 Å². The Bertz CT molecular complexity index is 2060. The Morgan fingerprint density at radius 2 is 1.68 bits per heavy atom. The van der Waals surface area contributed by atoms with Crippen molar-refractivity contribution in [2.45, 2.75) is 74.4 Å². The molecule has 53 heavy (non-hydrogen) atoms. The summed E-state index contributed by atoms with van der Waals surface area (Å²) in [6.45, 7) is 7.45. The van der Waals surface area contributed by atoms with E-state index in [9.17, 15) is 31.2 Å². The van der Waals surface area contributed by atoms with Gasteiger partial charge in [0.25, 0.3) is 5.91 Å². The number of ether oxygens (including phenoxy) is 1. The molecule has 3 atom stereocenters. The number of nitrogens with zero attached hydrogens (tertiary/aromatic N) is 3. The van der Waals surface area contributed by atoms with E-state index in [-0.39, 0.29) is 62.8 Å². The van der Waals surface area contributed by atoms with Gasteiger partial charge in [-0.25, -0.2) is 21.6 Å². The summed E-state index contributed by atoms with van der Waals surface area (Å²) in [5.74, 6) is -1.93. The van der Waals surface area contributed by atoms with Crippen LogP contribution in [0.15, 0.2) is 70.7 Å². The highest BCUT2D eigenvalue weighted by molar-refractivity contribution is 7.91. The van der Waals surface area contributed by atoms with Crippen molar-refractivity contribution in [3.05, 3.63) is 82.1 Å². The average Bonchev–Trinajstić information content (AvgIpc) is 3.55. The molecule has 0 bridgehead atoms. The van der Waals surface area contributed by atoms with Gasteiger partial charge in [-0.1, -0.05) is 55.2 Å². The van der Waals surface area contributed by atoms with Gasteiger partial charge in [0.2, 0.25) is 15.9 Å². The van der Waals surface area contributed by atoms with Crippen LogP contribution in [0.4, 0.5) is 5.69 Å². The second kappa shape index (κ2) is 16.4. The van der Waals surface area contributed by atoms with E-state index in [1.807, 2.05) is 0 Å². The molecule has 2 aliphatic heterocycles. The minimum atomic E-state index is -4.37. The SMILES string of the molecule is CCOC(=O)[C@H](Cc1ccc(NC(=O)c2c(Cl)cncc2Cl)cc1)NC(=O)[C@@H]1C[C@@H](N2CCCC(C)(C)C2)CN1S(=O)(=O)c1cccc(S(C)(=O)=O)c1. The third kappa shape index (κ3) is 9.75. The summed E-state index contributed by atoms with van der Waals surface area (Å²) in [5.41, 5.74) is 1.09. The molecule has 2 saturated heterocycles. The number of nitrogens with one attached hydrogen (secondary N) is 2. The third-order valence-corrected chi connectivity index (χ3v) is 13.0. The van der Waals surface area contributed by atoms with Crippen LogP contribution >= 0.6 is 23.2 Å². The number of sulfonamides is 1. The van der Waals surface area contributed by atoms with Crippen LogP contribution in [0.5, 0.6) is 0 Å². The number of likely N-dealkylation sites (tertiary alicyclic amines) is 1. The van der Waals surface area contributed by atoms with Crippen LogP contribution in [0.1, 0.15) is 56.0 Å². The lowest BCUT2D eigenvalue weighted by Gasteiger charge is -2.41. The zero-order valence-corrected chi connectivity index (χ0v) is 33.0. The van der Waals surface area contributed by atoms with E-state index in [0.29, 0.717) is 17.8 Å². The number of amides is 2. The zero-order chi connectivity index (χ0) is 38.7. The number of halogens is 2. The highest BCUT2D eigenvalue weighted by Crippen LogP contribution is 2.35. The van der Waals surface area contributed by atoms with Crippen molar-refractivity contribution in [3.8, 4) is 0 Å². The van der Waals surface area contributed by atoms with Gasteiger partial charge in [0, 0.05) is 49.9 Å². The predicted molar refractivity (Wildman–Crippen MR) is 201 cm³/mol. The molecule has 3 heterocycles. The van der Waals surface area contributed by atoms with Crippen LogP contribution in [0, 0.1) is 5.41 Å². The molecule has 0 unspecified atom stereocenters. The second-order valence-electron chi connectivity index (χ2n) is 14.1. The minimum absolute atomic E-state index is 0.000425. The minimum Gasteiger partial charge on any atom is -0.464 e. The Kier molecular flexibility index (Phi) is 12.6. The summed E-state index contributed by atoms with van der Waals surface area (Å²) >= 11 is 12.2. The van der Waals surface area contributed by atoms with Gasteiger partial charge in [0.1, 0.15) is 12.1 Å². The number of rotatable bonds is 12. The van der Waals surface area contributed by atoms with Gasteiger partial charge in [-0.3, -0.25) is 19.5 Å². The molecule has 0 aliphatic carbocycles. The number of hydrogen-bond acceptors (Lipinski definition) is 10. The molecule has 3 aromatic rings. The van der Waals surface area contributed by atoms with Gasteiger partial charge in [-0.15, -0.1) is 0 Å². The second-order valence-corrected chi connectivity index (χ2v) is 18.8. The summed E-state index contributed by atoms with van der Waals surface area (Å²) in [6, 6.07) is 8.98. The number of carbonyl (C=O) groups is 3. The molecule has 0 spiro atoms. The van der Waals surface area contributed by atoms with E-state index in [4.69, 9.17) is 27.9 Å². The summed E-state index contributed by atoms with van der Waals surface area (Å²) in [6.07, 6.45) is 5.71. The third-order valence-electron chi connectivity index (χ3n) is 9.44. The fourth-order valence-electron chi connectivity index (χ4n) is 6.82. The van der Waals surface area contributed by atoms with Crippen molar-refractivity contribution < 1.29 is 36.0 Å². The lowest BCUT2D eigenvalue weighted by molar-refractivity contribution is -0.147. The topological polar surface area (TPSA) is 172 Å². The van der Waals surface area contributed by atoms with Gasteiger partial charge < -0.3 is 15.4 Å². The summed E-state index contributed by atoms with van der Waals surface area (Å²) in [5, 5.41) is 5.65. The number of carbonyl (C=O) groups excluding carboxylic acids is 3. The van der Waals surface area contributed by atoms with E-state index in [1.54, 1.807) is 31.2 Å². The molecule has 2 aliphatic rings. The number of piperidine rings is 1. The van der Waals surface area contributed by atoms with Gasteiger partial charge in [-0.2, -0.15) is 4.31 Å². The fraction of sp³-hybridized carbons (Fsp3) is 0.444. The maximum Gasteiger partial charge on any atom is 0.328 e. The van der Waals surface area contributed by atoms with Crippen molar-refractivity contribution in [2.24, 2.45) is 5.41 Å². The van der Waals surface area contributed by atoms with Crippen LogP contribution in [-0.2, 0) is 40.6 Å². The Morgan fingerprint density at radius 3 is 2.30 bits per heavy atom. The normalized spacial score (nSPS) is 20.0. The van der Waals surface area contributed by atoms with E-state index in [1.165, 1.54) is 30.6 Å². The lowest BCUT2D eigenvalue weighted by atomic mass is 9.83. The number of hydrogen-bond donors (Lipinski definition) is 2. The Balaban J connectivity index is 1.39. The van der Waals surface area contributed by atoms with Gasteiger partial charge in [0.15, 0.2) is 9.84 Å². The number of pyridine rings is 1.